The zero-order chi connectivity index (χ0) is 10.8. The number of hydrogen-bond acceptors (Lipinski definition) is 0. The van der Waals surface area contributed by atoms with Crippen molar-refractivity contribution in [2.45, 2.75) is 31.0 Å². The van der Waals surface area contributed by atoms with Crippen LogP contribution in [-0.4, -0.2) is 4.83 Å². The molecule has 0 nitrogen and oxygen atoms in total. The van der Waals surface area contributed by atoms with E-state index in [1.807, 2.05) is 0 Å². The number of rotatable bonds is 2. The minimum absolute atomic E-state index is 0.731. The zero-order valence-corrected chi connectivity index (χ0v) is 12.1. The van der Waals surface area contributed by atoms with E-state index in [2.05, 4.69) is 63.0 Å². The Labute approximate surface area is 109 Å². The highest BCUT2D eigenvalue weighted by molar-refractivity contribution is 9.10. The first kappa shape index (κ1) is 11.7. The summed E-state index contributed by atoms with van der Waals surface area (Å²) >= 11 is 7.29. The largest absolute Gasteiger partial charge is 0.0888 e. The predicted molar refractivity (Wildman–Crippen MR) is 72.4 cm³/mol. The van der Waals surface area contributed by atoms with Gasteiger partial charge < -0.3 is 0 Å². The molecule has 1 aliphatic rings. The van der Waals surface area contributed by atoms with E-state index in [0.29, 0.717) is 0 Å². The van der Waals surface area contributed by atoms with Crippen LogP contribution in [0.25, 0.3) is 0 Å². The van der Waals surface area contributed by atoms with E-state index < -0.39 is 0 Å². The van der Waals surface area contributed by atoms with Crippen molar-refractivity contribution in [2.75, 3.05) is 0 Å². The van der Waals surface area contributed by atoms with E-state index in [1.54, 1.807) is 0 Å². The Hall–Kier alpha value is 0.180. The van der Waals surface area contributed by atoms with Crippen LogP contribution in [0.1, 0.15) is 25.3 Å². The van der Waals surface area contributed by atoms with Crippen molar-refractivity contribution in [3.05, 3.63) is 34.3 Å². The van der Waals surface area contributed by atoms with Crippen LogP contribution < -0.4 is 0 Å². The van der Waals surface area contributed by atoms with Gasteiger partial charge in [0.2, 0.25) is 0 Å². The van der Waals surface area contributed by atoms with Crippen molar-refractivity contribution in [3.63, 3.8) is 0 Å². The molecule has 1 aromatic rings. The molecule has 1 aromatic carbocycles. The van der Waals surface area contributed by atoms with Crippen molar-refractivity contribution in [1.29, 1.82) is 0 Å². The Balaban J connectivity index is 2.03. The monoisotopic (exact) mass is 330 g/mol. The van der Waals surface area contributed by atoms with Crippen LogP contribution in [0.2, 0.25) is 0 Å². The van der Waals surface area contributed by atoms with Crippen LogP contribution in [0, 0.1) is 11.8 Å². The number of hydrogen-bond donors (Lipinski definition) is 0. The summed E-state index contributed by atoms with van der Waals surface area (Å²) in [4.78, 5) is 0.731. The molecule has 2 rings (SSSR count). The molecular formula is C13H16Br2. The molecule has 82 valence electrons. The maximum atomic E-state index is 3.76. The van der Waals surface area contributed by atoms with Gasteiger partial charge in [0.1, 0.15) is 0 Å². The number of benzene rings is 1. The van der Waals surface area contributed by atoms with Gasteiger partial charge >= 0.3 is 0 Å². The van der Waals surface area contributed by atoms with Gasteiger partial charge in [0.15, 0.2) is 0 Å². The highest BCUT2D eigenvalue weighted by Gasteiger charge is 2.30. The van der Waals surface area contributed by atoms with Crippen LogP contribution in [0.5, 0.6) is 0 Å². The molecule has 1 fully saturated rings. The molecule has 3 unspecified atom stereocenters. The maximum Gasteiger partial charge on any atom is 0.0177 e. The Kier molecular flexibility index (Phi) is 3.89. The number of halogens is 2. The summed E-state index contributed by atoms with van der Waals surface area (Å²) in [6, 6.07) is 8.70. The van der Waals surface area contributed by atoms with Crippen LogP contribution in [0.15, 0.2) is 28.7 Å². The summed E-state index contributed by atoms with van der Waals surface area (Å²) in [6.45, 7) is 2.37. The third-order valence-corrected chi connectivity index (χ3v) is 5.30. The minimum Gasteiger partial charge on any atom is -0.0888 e. The van der Waals surface area contributed by atoms with Crippen molar-refractivity contribution >= 4 is 31.9 Å². The van der Waals surface area contributed by atoms with Gasteiger partial charge in [0.05, 0.1) is 0 Å². The van der Waals surface area contributed by atoms with E-state index in [4.69, 9.17) is 0 Å². The summed E-state index contributed by atoms with van der Waals surface area (Å²) in [7, 11) is 0. The highest BCUT2D eigenvalue weighted by Crippen LogP contribution is 2.38. The molecule has 0 radical (unpaired) electrons. The summed E-state index contributed by atoms with van der Waals surface area (Å²) < 4.78 is 1.20. The Morgan fingerprint density at radius 3 is 2.73 bits per heavy atom. The van der Waals surface area contributed by atoms with Gasteiger partial charge in [-0.2, -0.15) is 0 Å². The Morgan fingerprint density at radius 1 is 1.33 bits per heavy atom. The van der Waals surface area contributed by atoms with E-state index >= 15 is 0 Å². The van der Waals surface area contributed by atoms with Crippen molar-refractivity contribution < 1.29 is 0 Å². The molecule has 1 aliphatic carbocycles. The molecule has 1 saturated carbocycles. The van der Waals surface area contributed by atoms with Gasteiger partial charge in [-0.3, -0.25) is 0 Å². The molecule has 0 aromatic heterocycles. The first-order chi connectivity index (χ1) is 7.16. The average molecular weight is 332 g/mol. The topological polar surface area (TPSA) is 0 Å². The first-order valence-electron chi connectivity index (χ1n) is 5.55. The van der Waals surface area contributed by atoms with Crippen molar-refractivity contribution in [3.8, 4) is 0 Å². The lowest BCUT2D eigenvalue weighted by molar-refractivity contribution is 0.423. The van der Waals surface area contributed by atoms with Crippen LogP contribution >= 0.6 is 31.9 Å². The fourth-order valence-corrected chi connectivity index (χ4v) is 3.59. The standard InChI is InChI=1S/C13H16Br2/c1-9-11(5-6-13(9)15)7-10-3-2-4-12(14)8-10/h2-4,8-9,11,13H,5-7H2,1H3. The third kappa shape index (κ3) is 2.85. The normalized spacial score (nSPS) is 30.7. The van der Waals surface area contributed by atoms with Gasteiger partial charge in [0, 0.05) is 9.30 Å². The highest BCUT2D eigenvalue weighted by atomic mass is 79.9. The van der Waals surface area contributed by atoms with Crippen molar-refractivity contribution in [1.82, 2.24) is 0 Å². The average Bonchev–Trinajstić information content (AvgIpc) is 2.50. The number of alkyl halides is 1. The molecule has 15 heavy (non-hydrogen) atoms. The fraction of sp³-hybridized carbons (Fsp3) is 0.538. The Bertz CT molecular complexity index is 335. The van der Waals surface area contributed by atoms with Crippen LogP contribution in [-0.2, 0) is 6.42 Å². The molecule has 0 amide bonds. The van der Waals surface area contributed by atoms with Gasteiger partial charge in [-0.25, -0.2) is 0 Å². The molecule has 0 N–H and O–H groups in total. The maximum absolute atomic E-state index is 3.76. The van der Waals surface area contributed by atoms with Gasteiger partial charge in [0.25, 0.3) is 0 Å². The summed E-state index contributed by atoms with van der Waals surface area (Å²) in [5.41, 5.74) is 1.46. The quantitative estimate of drug-likeness (QED) is 0.683. The molecular weight excluding hydrogens is 316 g/mol. The van der Waals surface area contributed by atoms with Crippen LogP contribution in [0.4, 0.5) is 0 Å². The predicted octanol–water partition coefficient (Wildman–Crippen LogP) is 4.80. The second kappa shape index (κ2) is 5.01. The van der Waals surface area contributed by atoms with Crippen LogP contribution in [0.3, 0.4) is 0 Å². The van der Waals surface area contributed by atoms with E-state index in [9.17, 15) is 0 Å². The zero-order valence-electron chi connectivity index (χ0n) is 8.92. The van der Waals surface area contributed by atoms with Gasteiger partial charge in [-0.05, 0) is 48.8 Å². The van der Waals surface area contributed by atoms with E-state index in [0.717, 1.165) is 16.7 Å². The lowest BCUT2D eigenvalue weighted by atomic mass is 9.91. The van der Waals surface area contributed by atoms with E-state index in [1.165, 1.54) is 29.3 Å². The van der Waals surface area contributed by atoms with Crippen molar-refractivity contribution in [2.24, 2.45) is 11.8 Å². The van der Waals surface area contributed by atoms with Gasteiger partial charge in [-0.15, -0.1) is 0 Å². The molecule has 0 heterocycles. The Morgan fingerprint density at radius 2 is 2.13 bits per heavy atom. The second-order valence-electron chi connectivity index (χ2n) is 4.55. The smallest absolute Gasteiger partial charge is 0.0177 e. The molecule has 0 spiro atoms. The molecule has 2 heteroatoms. The minimum atomic E-state index is 0.731. The molecule has 0 bridgehead atoms. The summed E-state index contributed by atoms with van der Waals surface area (Å²) in [5.74, 6) is 1.66. The molecule has 0 saturated heterocycles. The second-order valence-corrected chi connectivity index (χ2v) is 6.64. The summed E-state index contributed by atoms with van der Waals surface area (Å²) in [6.07, 6.45) is 3.92. The third-order valence-electron chi connectivity index (χ3n) is 3.51. The summed E-state index contributed by atoms with van der Waals surface area (Å²) in [5, 5.41) is 0. The fourth-order valence-electron chi connectivity index (χ4n) is 2.45. The molecule has 0 aliphatic heterocycles. The lowest BCUT2D eigenvalue weighted by Crippen LogP contribution is -2.12. The first-order valence-corrected chi connectivity index (χ1v) is 7.26. The molecule has 3 atom stereocenters. The SMILES string of the molecule is CC1C(Br)CCC1Cc1cccc(Br)c1. The van der Waals surface area contributed by atoms with E-state index in [-0.39, 0.29) is 0 Å². The lowest BCUT2D eigenvalue weighted by Gasteiger charge is -2.17. The van der Waals surface area contributed by atoms with Gasteiger partial charge in [-0.1, -0.05) is 50.9 Å².